The number of aromatic nitrogens is 10. The third-order valence-corrected chi connectivity index (χ3v) is 8.51. The summed E-state index contributed by atoms with van der Waals surface area (Å²) >= 11 is 0. The van der Waals surface area contributed by atoms with E-state index in [4.69, 9.17) is 18.8 Å². The van der Waals surface area contributed by atoms with Crippen molar-refractivity contribution in [2.45, 2.75) is 0 Å². The largest absolute Gasteiger partial charge is 2.00 e. The van der Waals surface area contributed by atoms with Crippen molar-refractivity contribution in [3.05, 3.63) is 98.8 Å². The molecule has 2 aromatic carbocycles. The van der Waals surface area contributed by atoms with Gasteiger partial charge in [0.15, 0.2) is 0 Å². The van der Waals surface area contributed by atoms with Crippen LogP contribution in [0.1, 0.15) is 0 Å². The monoisotopic (exact) mass is 1020 g/mol. The molecule has 12 nitrogen and oxygen atoms in total. The van der Waals surface area contributed by atoms with Crippen LogP contribution in [0.25, 0.3) is 89.3 Å². The van der Waals surface area contributed by atoms with Crippen LogP contribution in [-0.4, -0.2) is 38.2 Å². The molecular weight excluding hydrogens is 995 g/mol. The van der Waals surface area contributed by atoms with E-state index in [1.54, 1.807) is 34.1 Å². The van der Waals surface area contributed by atoms with Gasteiger partial charge in [0.05, 0.1) is 24.0 Å². The van der Waals surface area contributed by atoms with Crippen LogP contribution in [0.2, 0.25) is 0 Å². The minimum absolute atomic E-state index is 0. The van der Waals surface area contributed by atoms with E-state index < -0.39 is 0 Å². The molecule has 0 radical (unpaired) electrons. The molecule has 0 aliphatic rings. The minimum atomic E-state index is 0. The molecule has 0 saturated heterocycles. The van der Waals surface area contributed by atoms with E-state index in [0.29, 0.717) is 11.5 Å². The Morgan fingerprint density at radius 1 is 0.580 bits per heavy atom. The van der Waals surface area contributed by atoms with Crippen molar-refractivity contribution in [3.8, 4) is 45.7 Å². The number of hydrogen-bond donors (Lipinski definition) is 0. The normalized spacial score (nSPS) is 11.3. The topological polar surface area (TPSA) is 126 Å². The van der Waals surface area contributed by atoms with Gasteiger partial charge < -0.3 is 47.0 Å². The standard InChI is InChI=1S/2C18H13N5O.2Pt/c2*1-22-8-14(20-10-22)17-16-13(9-24-17)11-4-3-5-12(15(11)21-16)18-19-6-7-23(18)2;;/h2*3-9H,1-2H3;;/q2*-2;2*+2. The smallest absolute Gasteiger partial charge is 0.654 e. The second-order valence-electron chi connectivity index (χ2n) is 11.7. The molecule has 0 amide bonds. The average molecular weight is 1020 g/mol. The Labute approximate surface area is 313 Å². The van der Waals surface area contributed by atoms with Crippen molar-refractivity contribution in [3.63, 3.8) is 0 Å². The first-order chi connectivity index (χ1) is 23.4. The number of aryl methyl sites for hydroxylation is 4. The van der Waals surface area contributed by atoms with E-state index >= 15 is 0 Å². The summed E-state index contributed by atoms with van der Waals surface area (Å²) in [4.78, 5) is 27.1. The van der Waals surface area contributed by atoms with E-state index in [1.807, 2.05) is 86.4 Å². The van der Waals surface area contributed by atoms with E-state index in [0.717, 1.165) is 77.8 Å². The molecular formula is C36H26N10O2Pt2. The summed E-state index contributed by atoms with van der Waals surface area (Å²) in [5, 5.41) is 4.09. The van der Waals surface area contributed by atoms with Crippen LogP contribution in [0, 0.1) is 12.7 Å². The number of para-hydroxylation sites is 2. The molecule has 0 bridgehead atoms. The third kappa shape index (κ3) is 5.30. The molecule has 0 aliphatic carbocycles. The summed E-state index contributed by atoms with van der Waals surface area (Å²) < 4.78 is 19.0. The van der Waals surface area contributed by atoms with Gasteiger partial charge >= 0.3 is 42.1 Å². The molecule has 0 fully saturated rings. The van der Waals surface area contributed by atoms with Gasteiger partial charge in [-0.05, 0) is 36.3 Å². The summed E-state index contributed by atoms with van der Waals surface area (Å²) in [6.07, 6.45) is 20.4. The number of rotatable bonds is 4. The van der Waals surface area contributed by atoms with Crippen LogP contribution >= 0.6 is 0 Å². The van der Waals surface area contributed by atoms with Gasteiger partial charge in [0, 0.05) is 73.4 Å². The minimum Gasteiger partial charge on any atom is -0.654 e. The van der Waals surface area contributed by atoms with Gasteiger partial charge in [-0.25, -0.2) is 9.97 Å². The molecule has 10 rings (SSSR count). The maximum atomic E-state index is 5.74. The van der Waals surface area contributed by atoms with Gasteiger partial charge in [0.25, 0.3) is 0 Å². The van der Waals surface area contributed by atoms with Gasteiger partial charge in [-0.15, -0.1) is 23.4 Å². The second kappa shape index (κ2) is 12.9. The van der Waals surface area contributed by atoms with Crippen molar-refractivity contribution in [2.24, 2.45) is 28.2 Å². The van der Waals surface area contributed by atoms with Gasteiger partial charge in [-0.2, -0.15) is 0 Å². The fourth-order valence-corrected chi connectivity index (χ4v) is 6.24. The Balaban J connectivity index is 0.000000151. The summed E-state index contributed by atoms with van der Waals surface area (Å²) in [5.74, 6) is 3.13. The van der Waals surface area contributed by atoms with Gasteiger partial charge in [-0.3, -0.25) is 0 Å². The van der Waals surface area contributed by atoms with Crippen LogP contribution in [-0.2, 0) is 70.3 Å². The maximum absolute atomic E-state index is 5.74. The molecule has 0 saturated carbocycles. The first-order valence-corrected chi connectivity index (χ1v) is 15.2. The average Bonchev–Trinajstić information content (AvgIpc) is 3.91. The van der Waals surface area contributed by atoms with Gasteiger partial charge in [-0.1, -0.05) is 47.4 Å². The summed E-state index contributed by atoms with van der Waals surface area (Å²) in [6.45, 7) is 0. The predicted molar refractivity (Wildman–Crippen MR) is 181 cm³/mol. The molecule has 14 heteroatoms. The predicted octanol–water partition coefficient (Wildman–Crippen LogP) is 6.28. The first kappa shape index (κ1) is 33.3. The number of hydrogen-bond acceptors (Lipinski definition) is 6. The molecule has 0 spiro atoms. The number of furan rings is 2. The number of nitrogens with zero attached hydrogens (tertiary/aromatic N) is 10. The Kier molecular flexibility index (Phi) is 8.62. The molecule has 8 heterocycles. The molecule has 10 aromatic rings. The Morgan fingerprint density at radius 3 is 1.38 bits per heavy atom. The molecule has 8 aromatic heterocycles. The zero-order valence-electron chi connectivity index (χ0n) is 27.0. The molecule has 0 atom stereocenters. The van der Waals surface area contributed by atoms with Crippen LogP contribution in [0.3, 0.4) is 0 Å². The van der Waals surface area contributed by atoms with Crippen LogP contribution in [0.4, 0.5) is 0 Å². The number of benzene rings is 2. The van der Waals surface area contributed by atoms with Crippen LogP contribution in [0.5, 0.6) is 0 Å². The molecule has 0 unspecified atom stereocenters. The first-order valence-electron chi connectivity index (χ1n) is 15.2. The Hall–Kier alpha value is -5.18. The molecule has 0 aliphatic heterocycles. The van der Waals surface area contributed by atoms with Crippen molar-refractivity contribution in [2.75, 3.05) is 0 Å². The summed E-state index contributed by atoms with van der Waals surface area (Å²) in [5.41, 5.74) is 6.97. The van der Waals surface area contributed by atoms with Crippen molar-refractivity contribution < 1.29 is 51.0 Å². The zero-order valence-corrected chi connectivity index (χ0v) is 31.5. The second-order valence-corrected chi connectivity index (χ2v) is 11.7. The van der Waals surface area contributed by atoms with Crippen molar-refractivity contribution in [1.82, 2.24) is 48.2 Å². The number of fused-ring (bicyclic) bond motifs is 6. The molecule has 0 N–H and O–H groups in total. The summed E-state index contributed by atoms with van der Waals surface area (Å²) in [7, 11) is 7.72. The van der Waals surface area contributed by atoms with Crippen molar-refractivity contribution >= 4 is 43.6 Å². The fourth-order valence-electron chi connectivity index (χ4n) is 6.24. The van der Waals surface area contributed by atoms with Gasteiger partial charge in [0.1, 0.15) is 11.6 Å². The molecule has 50 heavy (non-hydrogen) atoms. The fraction of sp³-hybridized carbons (Fsp3) is 0.111. The Bertz CT molecular complexity index is 2570. The SMILES string of the molecule is Cn1[c-]nc(-c2occ3c2[n-]c2c(-c4nccn4C)cccc23)c1.Cn1[c-]nc(-c2occ3c2[n-]c2c(-c4nccn4C)cccc23)c1.[Pt+2].[Pt+2]. The maximum Gasteiger partial charge on any atom is 2.00 e. The van der Waals surface area contributed by atoms with E-state index in [2.05, 4.69) is 44.7 Å². The van der Waals surface area contributed by atoms with Crippen molar-refractivity contribution in [1.29, 1.82) is 0 Å². The zero-order chi connectivity index (χ0) is 32.5. The van der Waals surface area contributed by atoms with E-state index in [9.17, 15) is 0 Å². The van der Waals surface area contributed by atoms with Gasteiger partial charge in [0.2, 0.25) is 0 Å². The Morgan fingerprint density at radius 2 is 1.02 bits per heavy atom. The molecule has 252 valence electrons. The van der Waals surface area contributed by atoms with E-state index in [-0.39, 0.29) is 42.1 Å². The summed E-state index contributed by atoms with van der Waals surface area (Å²) in [6, 6.07) is 12.2. The van der Waals surface area contributed by atoms with Crippen LogP contribution in [0.15, 0.2) is 94.9 Å². The number of imidazole rings is 4. The third-order valence-electron chi connectivity index (χ3n) is 8.51. The van der Waals surface area contributed by atoms with E-state index in [1.165, 1.54) is 0 Å². The quantitative estimate of drug-likeness (QED) is 0.189. The van der Waals surface area contributed by atoms with Crippen LogP contribution < -0.4 is 9.97 Å².